The second-order valence-corrected chi connectivity index (χ2v) is 4.78. The molecular formula is C13H18N2O3. The molecule has 3 N–H and O–H groups in total. The highest BCUT2D eigenvalue weighted by molar-refractivity contribution is 5.85. The molecule has 98 valence electrons. The molecule has 1 aliphatic carbocycles. The zero-order valence-electron chi connectivity index (χ0n) is 10.2. The Bertz CT molecular complexity index is 422. The van der Waals surface area contributed by atoms with Crippen LogP contribution in [0, 0.1) is 5.92 Å². The van der Waals surface area contributed by atoms with E-state index in [1.165, 1.54) is 6.07 Å². The highest BCUT2D eigenvalue weighted by atomic mass is 16.4. The number of hydrogen-bond donors (Lipinski definition) is 3. The lowest BCUT2D eigenvalue weighted by atomic mass is 9.87. The van der Waals surface area contributed by atoms with Crippen LogP contribution >= 0.6 is 0 Å². The number of carboxylic acids is 1. The van der Waals surface area contributed by atoms with Gasteiger partial charge in [-0.1, -0.05) is 12.5 Å². The largest absolute Gasteiger partial charge is 0.477 e. The molecule has 5 heteroatoms. The Balaban J connectivity index is 1.89. The van der Waals surface area contributed by atoms with Crippen molar-refractivity contribution < 1.29 is 15.0 Å². The number of aromatic carboxylic acids is 1. The van der Waals surface area contributed by atoms with Crippen molar-refractivity contribution in [2.24, 2.45) is 5.92 Å². The molecule has 0 saturated heterocycles. The lowest BCUT2D eigenvalue weighted by Gasteiger charge is -2.26. The van der Waals surface area contributed by atoms with E-state index in [1.54, 1.807) is 12.1 Å². The molecule has 18 heavy (non-hydrogen) atoms. The van der Waals surface area contributed by atoms with Gasteiger partial charge in [-0.2, -0.15) is 0 Å². The number of nitrogens with one attached hydrogen (secondary N) is 1. The van der Waals surface area contributed by atoms with Gasteiger partial charge in [-0.05, 0) is 37.3 Å². The van der Waals surface area contributed by atoms with Crippen molar-refractivity contribution in [3.8, 4) is 0 Å². The van der Waals surface area contributed by atoms with E-state index in [4.69, 9.17) is 5.11 Å². The minimum absolute atomic E-state index is 0.0451. The molecule has 1 aromatic heterocycles. The zero-order chi connectivity index (χ0) is 13.0. The van der Waals surface area contributed by atoms with Gasteiger partial charge in [0.2, 0.25) is 0 Å². The zero-order valence-corrected chi connectivity index (χ0v) is 10.2. The van der Waals surface area contributed by atoms with Crippen molar-refractivity contribution >= 4 is 11.8 Å². The normalized spacial score (nSPS) is 23.6. The average molecular weight is 250 g/mol. The van der Waals surface area contributed by atoms with Gasteiger partial charge < -0.3 is 15.5 Å². The van der Waals surface area contributed by atoms with Crippen LogP contribution in [0.5, 0.6) is 0 Å². The standard InChI is InChI=1S/C13H18N2O3/c16-10-4-1-3-9(7-10)8-14-12-6-2-5-11(15-12)13(17)18/h2,5-6,9-10,16H,1,3-4,7-8H2,(H,14,15)(H,17,18). The number of nitrogens with zero attached hydrogens (tertiary/aromatic N) is 1. The number of pyridine rings is 1. The molecule has 2 atom stereocenters. The molecule has 1 aliphatic rings. The number of aromatic nitrogens is 1. The second-order valence-electron chi connectivity index (χ2n) is 4.78. The molecule has 2 rings (SSSR count). The maximum atomic E-state index is 10.8. The molecular weight excluding hydrogens is 232 g/mol. The van der Waals surface area contributed by atoms with Crippen LogP contribution in [-0.2, 0) is 0 Å². The number of aliphatic hydroxyl groups excluding tert-OH is 1. The molecule has 0 spiro atoms. The van der Waals surface area contributed by atoms with Crippen molar-refractivity contribution in [1.82, 2.24) is 4.98 Å². The summed E-state index contributed by atoms with van der Waals surface area (Å²) in [4.78, 5) is 14.8. The fraction of sp³-hybridized carbons (Fsp3) is 0.538. The van der Waals surface area contributed by atoms with Crippen molar-refractivity contribution in [1.29, 1.82) is 0 Å². The molecule has 0 aliphatic heterocycles. The Morgan fingerprint density at radius 1 is 1.44 bits per heavy atom. The molecule has 0 radical (unpaired) electrons. The van der Waals surface area contributed by atoms with E-state index in [0.29, 0.717) is 11.7 Å². The van der Waals surface area contributed by atoms with Crippen LogP contribution in [0.3, 0.4) is 0 Å². The van der Waals surface area contributed by atoms with Crippen molar-refractivity contribution in [2.75, 3.05) is 11.9 Å². The van der Waals surface area contributed by atoms with E-state index < -0.39 is 5.97 Å². The Kier molecular flexibility index (Phi) is 4.15. The van der Waals surface area contributed by atoms with E-state index in [2.05, 4.69) is 10.3 Å². The topological polar surface area (TPSA) is 82.5 Å². The Labute approximate surface area is 106 Å². The SMILES string of the molecule is O=C(O)c1cccc(NCC2CCCC(O)C2)n1. The Hall–Kier alpha value is -1.62. The average Bonchev–Trinajstić information content (AvgIpc) is 2.37. The van der Waals surface area contributed by atoms with E-state index in [9.17, 15) is 9.90 Å². The Morgan fingerprint density at radius 2 is 2.28 bits per heavy atom. The maximum Gasteiger partial charge on any atom is 0.354 e. The number of rotatable bonds is 4. The van der Waals surface area contributed by atoms with Gasteiger partial charge in [0.15, 0.2) is 5.69 Å². The summed E-state index contributed by atoms with van der Waals surface area (Å²) in [6.45, 7) is 0.729. The van der Waals surface area contributed by atoms with Gasteiger partial charge >= 0.3 is 5.97 Å². The number of carbonyl (C=O) groups is 1. The van der Waals surface area contributed by atoms with Crippen molar-refractivity contribution in [3.63, 3.8) is 0 Å². The second kappa shape index (κ2) is 5.82. The fourth-order valence-electron chi connectivity index (χ4n) is 2.35. The molecule has 1 heterocycles. The summed E-state index contributed by atoms with van der Waals surface area (Å²) in [5.74, 6) is -0.00858. The van der Waals surface area contributed by atoms with Gasteiger partial charge in [-0.15, -0.1) is 0 Å². The van der Waals surface area contributed by atoms with Crippen molar-refractivity contribution in [2.45, 2.75) is 31.8 Å². The van der Waals surface area contributed by atoms with Crippen LogP contribution in [-0.4, -0.2) is 33.8 Å². The number of aliphatic hydroxyl groups is 1. The highest BCUT2D eigenvalue weighted by Crippen LogP contribution is 2.24. The monoisotopic (exact) mass is 250 g/mol. The number of carboxylic acid groups (broad SMARTS) is 1. The van der Waals surface area contributed by atoms with E-state index in [1.807, 2.05) is 0 Å². The maximum absolute atomic E-state index is 10.8. The number of hydrogen-bond acceptors (Lipinski definition) is 4. The van der Waals surface area contributed by atoms with Gasteiger partial charge in [0.05, 0.1) is 6.10 Å². The fourth-order valence-corrected chi connectivity index (χ4v) is 2.35. The summed E-state index contributed by atoms with van der Waals surface area (Å²) in [7, 11) is 0. The van der Waals surface area contributed by atoms with Crippen LogP contribution in [0.4, 0.5) is 5.82 Å². The predicted molar refractivity (Wildman–Crippen MR) is 67.7 cm³/mol. The molecule has 5 nitrogen and oxygen atoms in total. The van der Waals surface area contributed by atoms with Crippen LogP contribution < -0.4 is 5.32 Å². The first-order chi connectivity index (χ1) is 8.65. The van der Waals surface area contributed by atoms with Crippen LogP contribution in [0.1, 0.15) is 36.2 Å². The molecule has 0 bridgehead atoms. The third-order valence-corrected chi connectivity index (χ3v) is 3.30. The summed E-state index contributed by atoms with van der Waals surface area (Å²) in [5.41, 5.74) is 0.0451. The van der Waals surface area contributed by atoms with Gasteiger partial charge in [0.1, 0.15) is 5.82 Å². The Morgan fingerprint density at radius 3 is 3.00 bits per heavy atom. The third kappa shape index (κ3) is 3.43. The molecule has 1 saturated carbocycles. The summed E-state index contributed by atoms with van der Waals surface area (Å²) >= 11 is 0. The minimum atomic E-state index is -1.02. The van der Waals surface area contributed by atoms with E-state index in [0.717, 1.165) is 32.2 Å². The predicted octanol–water partition coefficient (Wildman–Crippen LogP) is 1.74. The minimum Gasteiger partial charge on any atom is -0.477 e. The van der Waals surface area contributed by atoms with Crippen LogP contribution in [0.15, 0.2) is 18.2 Å². The molecule has 0 aromatic carbocycles. The molecule has 1 fully saturated rings. The van der Waals surface area contributed by atoms with E-state index in [-0.39, 0.29) is 11.8 Å². The lowest BCUT2D eigenvalue weighted by molar-refractivity contribution is 0.0690. The first kappa shape index (κ1) is 12.8. The summed E-state index contributed by atoms with van der Waals surface area (Å²) < 4.78 is 0. The first-order valence-electron chi connectivity index (χ1n) is 6.27. The molecule has 0 amide bonds. The molecule has 2 unspecified atom stereocenters. The van der Waals surface area contributed by atoms with Crippen molar-refractivity contribution in [3.05, 3.63) is 23.9 Å². The summed E-state index contributed by atoms with van der Waals surface area (Å²) in [6.07, 6.45) is 3.66. The van der Waals surface area contributed by atoms with Gasteiger partial charge in [-0.3, -0.25) is 0 Å². The van der Waals surface area contributed by atoms with Gasteiger partial charge in [-0.25, -0.2) is 9.78 Å². The third-order valence-electron chi connectivity index (χ3n) is 3.30. The summed E-state index contributed by atoms with van der Waals surface area (Å²) in [6, 6.07) is 4.90. The smallest absolute Gasteiger partial charge is 0.354 e. The van der Waals surface area contributed by atoms with Gasteiger partial charge in [0.25, 0.3) is 0 Å². The first-order valence-corrected chi connectivity index (χ1v) is 6.27. The lowest BCUT2D eigenvalue weighted by Crippen LogP contribution is -2.25. The summed E-state index contributed by atoms with van der Waals surface area (Å²) in [5, 5.41) is 21.6. The van der Waals surface area contributed by atoms with Gasteiger partial charge in [0, 0.05) is 6.54 Å². The van der Waals surface area contributed by atoms with E-state index >= 15 is 0 Å². The highest BCUT2D eigenvalue weighted by Gasteiger charge is 2.19. The number of anilines is 1. The van der Waals surface area contributed by atoms with Crippen LogP contribution in [0.2, 0.25) is 0 Å². The molecule has 1 aromatic rings. The quantitative estimate of drug-likeness (QED) is 0.758. The van der Waals surface area contributed by atoms with Crippen LogP contribution in [0.25, 0.3) is 0 Å².